The third kappa shape index (κ3) is 3.16. The Balaban J connectivity index is 2.02. The Labute approximate surface area is 139 Å². The van der Waals surface area contributed by atoms with Crippen LogP contribution in [0.4, 0.5) is 24.7 Å². The number of azo groups is 1. The number of hydrogen-bond donors (Lipinski definition) is 1. The molecular formula is C16H9ClF3N3O. The summed E-state index contributed by atoms with van der Waals surface area (Å²) in [6.45, 7) is 0. The van der Waals surface area contributed by atoms with Gasteiger partial charge in [0, 0.05) is 11.6 Å². The van der Waals surface area contributed by atoms with E-state index < -0.39 is 11.7 Å². The number of halogens is 4. The molecule has 0 saturated heterocycles. The average molecular weight is 352 g/mol. The number of fused-ring (bicyclic) bond motifs is 1. The van der Waals surface area contributed by atoms with E-state index in [1.165, 1.54) is 6.07 Å². The van der Waals surface area contributed by atoms with Gasteiger partial charge in [0.2, 0.25) is 0 Å². The van der Waals surface area contributed by atoms with Crippen molar-refractivity contribution in [1.29, 1.82) is 0 Å². The molecule has 0 radical (unpaired) electrons. The maximum absolute atomic E-state index is 12.6. The van der Waals surface area contributed by atoms with Crippen molar-refractivity contribution < 1.29 is 18.3 Å². The Morgan fingerprint density at radius 1 is 1.04 bits per heavy atom. The van der Waals surface area contributed by atoms with Gasteiger partial charge < -0.3 is 5.11 Å². The molecule has 0 atom stereocenters. The molecule has 3 aromatic rings. The lowest BCUT2D eigenvalue weighted by molar-refractivity contribution is -0.137. The summed E-state index contributed by atoms with van der Waals surface area (Å²) in [6, 6.07) is 11.1. The summed E-state index contributed by atoms with van der Waals surface area (Å²) >= 11 is 5.78. The van der Waals surface area contributed by atoms with Crippen LogP contribution in [-0.4, -0.2) is 10.1 Å². The van der Waals surface area contributed by atoms with Crippen molar-refractivity contribution >= 4 is 33.9 Å². The number of aromatic nitrogens is 1. The number of phenols is 1. The molecule has 0 aliphatic carbocycles. The molecule has 1 heterocycles. The van der Waals surface area contributed by atoms with Gasteiger partial charge in [-0.1, -0.05) is 41.9 Å². The van der Waals surface area contributed by atoms with E-state index >= 15 is 0 Å². The smallest absolute Gasteiger partial charge is 0.417 e. The molecule has 1 aromatic heterocycles. The third-order valence-corrected chi connectivity index (χ3v) is 3.55. The number of phenolic OH excluding ortho intramolecular Hbond substituents is 1. The second kappa shape index (κ2) is 6.09. The number of benzene rings is 2. The topological polar surface area (TPSA) is 57.8 Å². The molecule has 0 spiro atoms. The Bertz CT molecular complexity index is 941. The third-order valence-electron chi connectivity index (χ3n) is 3.27. The van der Waals surface area contributed by atoms with E-state index in [4.69, 9.17) is 11.6 Å². The van der Waals surface area contributed by atoms with E-state index in [9.17, 15) is 18.3 Å². The van der Waals surface area contributed by atoms with Gasteiger partial charge >= 0.3 is 6.18 Å². The molecule has 0 amide bonds. The summed E-state index contributed by atoms with van der Waals surface area (Å²) in [7, 11) is 0. The first kappa shape index (κ1) is 16.2. The molecule has 122 valence electrons. The van der Waals surface area contributed by atoms with Crippen LogP contribution in [0.3, 0.4) is 0 Å². The highest BCUT2D eigenvalue weighted by Crippen LogP contribution is 2.37. The van der Waals surface area contributed by atoms with E-state index in [-0.39, 0.29) is 22.3 Å². The molecule has 0 unspecified atom stereocenters. The lowest BCUT2D eigenvalue weighted by Crippen LogP contribution is -2.05. The summed E-state index contributed by atoms with van der Waals surface area (Å²) in [6.07, 6.45) is -3.91. The number of aromatic hydroxyl groups is 1. The van der Waals surface area contributed by atoms with Crippen molar-refractivity contribution in [2.75, 3.05) is 0 Å². The molecule has 2 aromatic carbocycles. The highest BCUT2D eigenvalue weighted by atomic mass is 35.5. The number of nitrogens with zero attached hydrogens (tertiary/aromatic N) is 3. The number of rotatable bonds is 2. The zero-order valence-electron chi connectivity index (χ0n) is 11.9. The fraction of sp³-hybridized carbons (Fsp3) is 0.0625. The van der Waals surface area contributed by atoms with Gasteiger partial charge in [0.1, 0.15) is 11.4 Å². The molecule has 3 rings (SSSR count). The summed E-state index contributed by atoms with van der Waals surface area (Å²) in [5.74, 6) is -0.280. The molecule has 0 fully saturated rings. The van der Waals surface area contributed by atoms with Crippen molar-refractivity contribution in [3.8, 4) is 5.75 Å². The highest BCUT2D eigenvalue weighted by Gasteiger charge is 2.31. The van der Waals surface area contributed by atoms with E-state index in [1.807, 2.05) is 12.1 Å². The zero-order valence-corrected chi connectivity index (χ0v) is 12.7. The SMILES string of the molecule is Oc1ccc2ccccc2c1N=Nc1ncc(C(F)(F)F)cc1Cl. The van der Waals surface area contributed by atoms with Crippen molar-refractivity contribution in [1.82, 2.24) is 4.98 Å². The standard InChI is InChI=1S/C16H9ClF3N3O/c17-12-7-10(16(18,19)20)8-21-15(12)23-22-14-11-4-2-1-3-9(11)5-6-13(14)24/h1-8,24H. The van der Waals surface area contributed by atoms with E-state index in [0.717, 1.165) is 11.5 Å². The number of alkyl halides is 3. The zero-order chi connectivity index (χ0) is 17.3. The minimum Gasteiger partial charge on any atom is -0.506 e. The highest BCUT2D eigenvalue weighted by molar-refractivity contribution is 6.32. The van der Waals surface area contributed by atoms with Crippen molar-refractivity contribution in [3.05, 3.63) is 59.2 Å². The Hall–Kier alpha value is -2.67. The summed E-state index contributed by atoms with van der Waals surface area (Å²) in [5, 5.41) is 18.8. The van der Waals surface area contributed by atoms with Gasteiger partial charge in [-0.3, -0.25) is 0 Å². The van der Waals surface area contributed by atoms with Crippen LogP contribution in [-0.2, 0) is 6.18 Å². The van der Waals surface area contributed by atoms with Crippen LogP contribution >= 0.6 is 11.6 Å². The van der Waals surface area contributed by atoms with E-state index in [1.54, 1.807) is 18.2 Å². The van der Waals surface area contributed by atoms with Gasteiger partial charge in [0.15, 0.2) is 5.82 Å². The Kier molecular flexibility index (Phi) is 4.11. The molecule has 24 heavy (non-hydrogen) atoms. The maximum atomic E-state index is 12.6. The minimum atomic E-state index is -4.54. The van der Waals surface area contributed by atoms with Crippen molar-refractivity contribution in [2.24, 2.45) is 10.2 Å². The van der Waals surface area contributed by atoms with Crippen LogP contribution in [0.5, 0.6) is 5.75 Å². The first-order valence-electron chi connectivity index (χ1n) is 6.71. The molecule has 0 aliphatic heterocycles. The molecule has 4 nitrogen and oxygen atoms in total. The number of hydrogen-bond acceptors (Lipinski definition) is 4. The average Bonchev–Trinajstić information content (AvgIpc) is 2.54. The summed E-state index contributed by atoms with van der Waals surface area (Å²) in [4.78, 5) is 3.58. The second-order valence-corrected chi connectivity index (χ2v) is 5.29. The Morgan fingerprint density at radius 3 is 2.50 bits per heavy atom. The second-order valence-electron chi connectivity index (χ2n) is 4.88. The largest absolute Gasteiger partial charge is 0.506 e. The quantitative estimate of drug-likeness (QED) is 0.573. The lowest BCUT2D eigenvalue weighted by atomic mass is 10.1. The van der Waals surface area contributed by atoms with Crippen LogP contribution < -0.4 is 0 Å². The Morgan fingerprint density at radius 2 is 1.79 bits per heavy atom. The summed E-state index contributed by atoms with van der Waals surface area (Å²) in [5.41, 5.74) is -0.787. The molecule has 0 saturated carbocycles. The van der Waals surface area contributed by atoms with Crippen LogP contribution in [0.15, 0.2) is 58.9 Å². The van der Waals surface area contributed by atoms with Gasteiger partial charge in [-0.2, -0.15) is 13.2 Å². The molecule has 0 aliphatic rings. The van der Waals surface area contributed by atoms with Gasteiger partial charge in [-0.05, 0) is 17.5 Å². The van der Waals surface area contributed by atoms with E-state index in [2.05, 4.69) is 15.2 Å². The molecule has 1 N–H and O–H groups in total. The van der Waals surface area contributed by atoms with Gasteiger partial charge in [-0.15, -0.1) is 10.2 Å². The van der Waals surface area contributed by atoms with Crippen molar-refractivity contribution in [2.45, 2.75) is 6.18 Å². The van der Waals surface area contributed by atoms with Gasteiger partial charge in [0.25, 0.3) is 0 Å². The van der Waals surface area contributed by atoms with Crippen LogP contribution in [0.1, 0.15) is 5.56 Å². The van der Waals surface area contributed by atoms with E-state index in [0.29, 0.717) is 11.6 Å². The summed E-state index contributed by atoms with van der Waals surface area (Å²) < 4.78 is 37.8. The monoisotopic (exact) mass is 351 g/mol. The molecule has 0 bridgehead atoms. The molecular weight excluding hydrogens is 343 g/mol. The van der Waals surface area contributed by atoms with Crippen LogP contribution in [0.2, 0.25) is 5.02 Å². The van der Waals surface area contributed by atoms with Crippen LogP contribution in [0, 0.1) is 0 Å². The lowest BCUT2D eigenvalue weighted by Gasteiger charge is -2.07. The molecule has 8 heteroatoms. The van der Waals surface area contributed by atoms with Gasteiger partial charge in [0.05, 0.1) is 10.6 Å². The normalized spacial score (nSPS) is 12.2. The minimum absolute atomic E-state index is 0.111. The van der Waals surface area contributed by atoms with Crippen molar-refractivity contribution in [3.63, 3.8) is 0 Å². The fourth-order valence-electron chi connectivity index (χ4n) is 2.11. The maximum Gasteiger partial charge on any atom is 0.417 e. The fourth-order valence-corrected chi connectivity index (χ4v) is 2.31. The first-order valence-corrected chi connectivity index (χ1v) is 7.09. The number of pyridine rings is 1. The predicted octanol–water partition coefficient (Wildman–Crippen LogP) is 6.03. The van der Waals surface area contributed by atoms with Crippen LogP contribution in [0.25, 0.3) is 10.8 Å². The van der Waals surface area contributed by atoms with Gasteiger partial charge in [-0.25, -0.2) is 4.98 Å². The first-order chi connectivity index (χ1) is 11.4. The predicted molar refractivity (Wildman–Crippen MR) is 84.0 cm³/mol.